The van der Waals surface area contributed by atoms with Gasteiger partial charge in [-0.05, 0) is 13.1 Å². The van der Waals surface area contributed by atoms with E-state index in [1.165, 1.54) is 6.08 Å². The molecule has 1 amide bonds. The predicted octanol–water partition coefficient (Wildman–Crippen LogP) is -0.407. The van der Waals surface area contributed by atoms with Crippen LogP contribution in [0.3, 0.4) is 0 Å². The van der Waals surface area contributed by atoms with E-state index in [1.807, 2.05) is 11.9 Å². The molecule has 3 heteroatoms. The number of primary amides is 1. The van der Waals surface area contributed by atoms with Crippen molar-refractivity contribution in [1.29, 1.82) is 0 Å². The predicted molar refractivity (Wildman–Crippen MR) is 44.7 cm³/mol. The molecule has 2 N–H and O–H groups in total. The highest BCUT2D eigenvalue weighted by Gasteiger charge is 1.90. The van der Waals surface area contributed by atoms with Crippen molar-refractivity contribution >= 4 is 5.91 Å². The molecule has 0 heterocycles. The maximum atomic E-state index is 10.2. The van der Waals surface area contributed by atoms with Gasteiger partial charge in [0.2, 0.25) is 5.91 Å². The van der Waals surface area contributed by atoms with Gasteiger partial charge in [0.1, 0.15) is 0 Å². The van der Waals surface area contributed by atoms with Gasteiger partial charge in [-0.3, -0.25) is 9.69 Å². The third-order valence-corrected chi connectivity index (χ3v) is 1.06. The molecule has 0 unspecified atom stereocenters. The zero-order chi connectivity index (χ0) is 8.69. The second-order valence-corrected chi connectivity index (χ2v) is 2.21. The molecule has 0 spiro atoms. The molecule has 60 valence electrons. The van der Waals surface area contributed by atoms with E-state index >= 15 is 0 Å². The molecule has 0 saturated heterocycles. The van der Waals surface area contributed by atoms with Crippen LogP contribution in [-0.4, -0.2) is 30.9 Å². The molecule has 11 heavy (non-hydrogen) atoms. The molecule has 0 aliphatic carbocycles. The molecule has 0 aromatic heterocycles. The number of nitrogens with zero attached hydrogens (tertiary/aromatic N) is 1. The summed E-state index contributed by atoms with van der Waals surface area (Å²) in [6.07, 6.45) is 8.06. The van der Waals surface area contributed by atoms with Crippen LogP contribution in [-0.2, 0) is 4.79 Å². The van der Waals surface area contributed by atoms with Crippen LogP contribution in [0.15, 0.2) is 12.2 Å². The molecule has 0 aliphatic rings. The van der Waals surface area contributed by atoms with Crippen LogP contribution in [0.4, 0.5) is 0 Å². The molecule has 0 fully saturated rings. The van der Waals surface area contributed by atoms with Crippen LogP contribution in [0.2, 0.25) is 0 Å². The first kappa shape index (κ1) is 9.73. The Morgan fingerprint density at radius 3 is 2.91 bits per heavy atom. The van der Waals surface area contributed by atoms with Gasteiger partial charge in [-0.25, -0.2) is 0 Å². The zero-order valence-corrected chi connectivity index (χ0v) is 6.58. The molecule has 3 nitrogen and oxygen atoms in total. The average molecular weight is 152 g/mol. The Labute approximate surface area is 66.9 Å². The summed E-state index contributed by atoms with van der Waals surface area (Å²) in [5, 5.41) is 0. The maximum Gasteiger partial charge on any atom is 0.241 e. The van der Waals surface area contributed by atoms with E-state index in [0.717, 1.165) is 0 Å². The standard InChI is InChI=1S/C8H12N2O/c1-3-6-10(2)7-4-5-8(9)11/h1,4-5H,6-7H2,2H3,(H2,9,11). The molecule has 0 atom stereocenters. The number of carbonyl (C=O) groups is 1. The topological polar surface area (TPSA) is 46.3 Å². The molecule has 0 aromatic carbocycles. The van der Waals surface area contributed by atoms with E-state index in [-0.39, 0.29) is 0 Å². The largest absolute Gasteiger partial charge is 0.366 e. The quantitative estimate of drug-likeness (QED) is 0.440. The van der Waals surface area contributed by atoms with Gasteiger partial charge in [-0.15, -0.1) is 6.42 Å². The van der Waals surface area contributed by atoms with Gasteiger partial charge in [-0.2, -0.15) is 0 Å². The summed E-state index contributed by atoms with van der Waals surface area (Å²) in [5.74, 6) is 2.05. The van der Waals surface area contributed by atoms with Crippen molar-refractivity contribution in [3.8, 4) is 12.3 Å². The fourth-order valence-corrected chi connectivity index (χ4v) is 0.569. The van der Waals surface area contributed by atoms with Crippen LogP contribution in [0.25, 0.3) is 0 Å². The maximum absolute atomic E-state index is 10.2. The van der Waals surface area contributed by atoms with Crippen LogP contribution in [0, 0.1) is 12.3 Å². The molecule has 0 saturated carbocycles. The van der Waals surface area contributed by atoms with E-state index in [4.69, 9.17) is 12.2 Å². The lowest BCUT2D eigenvalue weighted by atomic mass is 10.4. The van der Waals surface area contributed by atoms with Crippen molar-refractivity contribution in [2.45, 2.75) is 0 Å². The Hall–Kier alpha value is -1.27. The highest BCUT2D eigenvalue weighted by atomic mass is 16.1. The van der Waals surface area contributed by atoms with Crippen molar-refractivity contribution in [3.63, 3.8) is 0 Å². The van der Waals surface area contributed by atoms with Crippen LogP contribution < -0.4 is 5.73 Å². The number of rotatable bonds is 4. The first-order chi connectivity index (χ1) is 5.16. The van der Waals surface area contributed by atoms with Crippen molar-refractivity contribution in [2.75, 3.05) is 20.1 Å². The summed E-state index contributed by atoms with van der Waals surface area (Å²) in [7, 11) is 1.87. The van der Waals surface area contributed by atoms with E-state index in [0.29, 0.717) is 13.1 Å². The van der Waals surface area contributed by atoms with Gasteiger partial charge < -0.3 is 5.73 Å². The van der Waals surface area contributed by atoms with E-state index < -0.39 is 5.91 Å². The second kappa shape index (κ2) is 5.51. The third-order valence-electron chi connectivity index (χ3n) is 1.06. The molecular weight excluding hydrogens is 140 g/mol. The van der Waals surface area contributed by atoms with Crippen molar-refractivity contribution in [3.05, 3.63) is 12.2 Å². The lowest BCUT2D eigenvalue weighted by Crippen LogP contribution is -2.18. The number of nitrogens with two attached hydrogens (primary N) is 1. The summed E-state index contributed by atoms with van der Waals surface area (Å²) >= 11 is 0. The zero-order valence-electron chi connectivity index (χ0n) is 6.58. The fourth-order valence-electron chi connectivity index (χ4n) is 0.569. The Morgan fingerprint density at radius 2 is 2.45 bits per heavy atom. The van der Waals surface area contributed by atoms with Gasteiger partial charge in [0.05, 0.1) is 6.54 Å². The minimum atomic E-state index is -0.431. The van der Waals surface area contributed by atoms with E-state index in [2.05, 4.69) is 5.92 Å². The molecule has 0 radical (unpaired) electrons. The van der Waals surface area contributed by atoms with Gasteiger partial charge in [0, 0.05) is 6.54 Å². The third kappa shape index (κ3) is 6.62. The minimum absolute atomic E-state index is 0.431. The van der Waals surface area contributed by atoms with Gasteiger partial charge in [-0.1, -0.05) is 12.0 Å². The van der Waals surface area contributed by atoms with E-state index in [9.17, 15) is 4.79 Å². The average Bonchev–Trinajstić information content (AvgIpc) is 1.87. The van der Waals surface area contributed by atoms with Crippen LogP contribution in [0.1, 0.15) is 0 Å². The van der Waals surface area contributed by atoms with Gasteiger partial charge in [0.15, 0.2) is 0 Å². The summed E-state index contributed by atoms with van der Waals surface area (Å²) in [5.41, 5.74) is 4.87. The van der Waals surface area contributed by atoms with Crippen LogP contribution >= 0.6 is 0 Å². The smallest absolute Gasteiger partial charge is 0.241 e. The summed E-state index contributed by atoms with van der Waals surface area (Å²) in [6.45, 7) is 1.22. The van der Waals surface area contributed by atoms with Crippen molar-refractivity contribution in [2.24, 2.45) is 5.73 Å². The number of likely N-dealkylation sites (N-methyl/N-ethyl adjacent to an activating group) is 1. The lowest BCUT2D eigenvalue weighted by molar-refractivity contribution is -0.113. The van der Waals surface area contributed by atoms with Crippen molar-refractivity contribution < 1.29 is 4.79 Å². The number of hydrogen-bond donors (Lipinski definition) is 1. The van der Waals surface area contributed by atoms with Crippen molar-refractivity contribution in [1.82, 2.24) is 4.90 Å². The Bertz CT molecular complexity index is 191. The first-order valence-electron chi connectivity index (χ1n) is 3.24. The lowest BCUT2D eigenvalue weighted by Gasteiger charge is -2.08. The normalized spacial score (nSPS) is 10.3. The number of amides is 1. The number of hydrogen-bond acceptors (Lipinski definition) is 2. The Kier molecular flexibility index (Phi) is 4.87. The highest BCUT2D eigenvalue weighted by molar-refractivity contribution is 5.85. The second-order valence-electron chi connectivity index (χ2n) is 2.21. The van der Waals surface area contributed by atoms with Crippen LogP contribution in [0.5, 0.6) is 0 Å². The molecule has 0 aromatic rings. The number of terminal acetylenes is 1. The Balaban J connectivity index is 3.54. The monoisotopic (exact) mass is 152 g/mol. The summed E-state index contributed by atoms with van der Waals surface area (Å²) < 4.78 is 0. The Morgan fingerprint density at radius 1 is 1.82 bits per heavy atom. The molecule has 0 bridgehead atoms. The van der Waals surface area contributed by atoms with Gasteiger partial charge in [0.25, 0.3) is 0 Å². The molecule has 0 aliphatic heterocycles. The fraction of sp³-hybridized carbons (Fsp3) is 0.375. The molecular formula is C8H12N2O. The SMILES string of the molecule is C#CCN(C)CC=CC(N)=O. The summed E-state index contributed by atoms with van der Waals surface area (Å²) in [6, 6.07) is 0. The van der Waals surface area contributed by atoms with E-state index in [1.54, 1.807) is 6.08 Å². The molecule has 0 rings (SSSR count). The van der Waals surface area contributed by atoms with Gasteiger partial charge >= 0.3 is 0 Å². The minimum Gasteiger partial charge on any atom is -0.366 e. The first-order valence-corrected chi connectivity index (χ1v) is 3.24. The highest BCUT2D eigenvalue weighted by Crippen LogP contribution is 1.81. The number of carbonyl (C=O) groups excluding carboxylic acids is 1. The summed E-state index contributed by atoms with van der Waals surface area (Å²) in [4.78, 5) is 12.1.